The Morgan fingerprint density at radius 3 is 2.65 bits per heavy atom. The van der Waals surface area contributed by atoms with Gasteiger partial charge in [-0.1, -0.05) is 0 Å². The van der Waals surface area contributed by atoms with Crippen molar-refractivity contribution >= 4 is 22.6 Å². The van der Waals surface area contributed by atoms with Crippen LogP contribution in [0.5, 0.6) is 5.75 Å². The number of carbonyl (C=O) groups is 1. The van der Waals surface area contributed by atoms with Crippen LogP contribution in [0, 0.1) is 6.92 Å². The molecule has 4 aromatic rings. The van der Waals surface area contributed by atoms with Crippen molar-refractivity contribution in [3.63, 3.8) is 0 Å². The molecular formula is C25H25N7O2. The molecule has 1 aliphatic carbocycles. The lowest BCUT2D eigenvalue weighted by Crippen LogP contribution is -2.34. The highest BCUT2D eigenvalue weighted by atomic mass is 16.5. The maximum absolute atomic E-state index is 13.7. The van der Waals surface area contributed by atoms with Crippen LogP contribution in [0.15, 0.2) is 55.1 Å². The van der Waals surface area contributed by atoms with Crippen molar-refractivity contribution in [2.45, 2.75) is 45.4 Å². The maximum Gasteiger partial charge on any atom is 0.273 e. The Morgan fingerprint density at radius 2 is 1.94 bits per heavy atom. The summed E-state index contributed by atoms with van der Waals surface area (Å²) >= 11 is 0. The van der Waals surface area contributed by atoms with Gasteiger partial charge >= 0.3 is 0 Å². The molecular weight excluding hydrogens is 430 g/mol. The fourth-order valence-corrected chi connectivity index (χ4v) is 3.64. The normalized spacial score (nSPS) is 14.1. The molecule has 5 rings (SSSR count). The topological polar surface area (TPSA) is 120 Å². The SMILES string of the molecule is Cc1cc2cc(C(=O)N(Cc3ccc(OC4CC4)cn3)[C@H](C)c3ncccn3)ncc2nc1N. The molecule has 0 aromatic carbocycles. The van der Waals surface area contributed by atoms with E-state index in [2.05, 4.69) is 24.9 Å². The van der Waals surface area contributed by atoms with E-state index in [0.717, 1.165) is 35.2 Å². The van der Waals surface area contributed by atoms with Gasteiger partial charge in [0.1, 0.15) is 23.1 Å². The van der Waals surface area contributed by atoms with Gasteiger partial charge in [-0.05, 0) is 62.6 Å². The summed E-state index contributed by atoms with van der Waals surface area (Å²) in [4.78, 5) is 37.3. The Bertz CT molecular complexity index is 1320. The van der Waals surface area contributed by atoms with Crippen LogP contribution in [0.4, 0.5) is 5.82 Å². The molecule has 1 saturated carbocycles. The van der Waals surface area contributed by atoms with E-state index < -0.39 is 6.04 Å². The van der Waals surface area contributed by atoms with Crippen molar-refractivity contribution in [3.05, 3.63) is 77.9 Å². The summed E-state index contributed by atoms with van der Waals surface area (Å²) in [6.07, 6.45) is 9.06. The first kappa shape index (κ1) is 21.7. The summed E-state index contributed by atoms with van der Waals surface area (Å²) in [6, 6.07) is 8.75. The molecule has 2 N–H and O–H groups in total. The number of pyridine rings is 3. The second-order valence-corrected chi connectivity index (χ2v) is 8.47. The molecule has 172 valence electrons. The highest BCUT2D eigenvalue weighted by Crippen LogP contribution is 2.27. The third-order valence-electron chi connectivity index (χ3n) is 5.79. The van der Waals surface area contributed by atoms with Gasteiger partial charge in [0.2, 0.25) is 0 Å². The molecule has 1 aliphatic rings. The number of anilines is 1. The van der Waals surface area contributed by atoms with Crippen LogP contribution in [0.1, 0.15) is 53.4 Å². The van der Waals surface area contributed by atoms with Crippen LogP contribution in [0.2, 0.25) is 0 Å². The highest BCUT2D eigenvalue weighted by Gasteiger charge is 2.27. The molecule has 0 saturated heterocycles. The van der Waals surface area contributed by atoms with Crippen LogP contribution in [0.3, 0.4) is 0 Å². The number of hydrogen-bond donors (Lipinski definition) is 1. The first-order valence-electron chi connectivity index (χ1n) is 11.2. The first-order chi connectivity index (χ1) is 16.5. The molecule has 0 radical (unpaired) electrons. The predicted octanol–water partition coefficient (Wildman–Crippen LogP) is 3.65. The monoisotopic (exact) mass is 455 g/mol. The van der Waals surface area contributed by atoms with E-state index in [1.165, 1.54) is 0 Å². The van der Waals surface area contributed by atoms with Gasteiger partial charge in [0.25, 0.3) is 5.91 Å². The van der Waals surface area contributed by atoms with Crippen molar-refractivity contribution in [1.29, 1.82) is 0 Å². The average molecular weight is 456 g/mol. The fraction of sp³-hybridized carbons (Fsp3) is 0.280. The summed E-state index contributed by atoms with van der Waals surface area (Å²) in [5, 5.41) is 0.799. The van der Waals surface area contributed by atoms with Gasteiger partial charge in [0.15, 0.2) is 0 Å². The average Bonchev–Trinajstić information content (AvgIpc) is 3.68. The van der Waals surface area contributed by atoms with E-state index >= 15 is 0 Å². The summed E-state index contributed by atoms with van der Waals surface area (Å²) in [5.41, 5.74) is 8.43. The summed E-state index contributed by atoms with van der Waals surface area (Å²) < 4.78 is 5.79. The molecule has 0 unspecified atom stereocenters. The Balaban J connectivity index is 1.46. The molecule has 1 fully saturated rings. The number of aromatic nitrogens is 5. The minimum absolute atomic E-state index is 0.253. The smallest absolute Gasteiger partial charge is 0.273 e. The number of aryl methyl sites for hydroxylation is 1. The molecule has 9 nitrogen and oxygen atoms in total. The summed E-state index contributed by atoms with van der Waals surface area (Å²) in [6.45, 7) is 4.04. The highest BCUT2D eigenvalue weighted by molar-refractivity contribution is 5.96. The van der Waals surface area contributed by atoms with Crippen molar-refractivity contribution in [2.24, 2.45) is 0 Å². The van der Waals surface area contributed by atoms with Crippen LogP contribution >= 0.6 is 0 Å². The maximum atomic E-state index is 13.7. The van der Waals surface area contributed by atoms with Crippen LogP contribution in [0.25, 0.3) is 10.9 Å². The fourth-order valence-electron chi connectivity index (χ4n) is 3.64. The van der Waals surface area contributed by atoms with Crippen LogP contribution in [-0.4, -0.2) is 41.8 Å². The number of amides is 1. The van der Waals surface area contributed by atoms with Crippen molar-refractivity contribution in [1.82, 2.24) is 29.8 Å². The largest absolute Gasteiger partial charge is 0.489 e. The quantitative estimate of drug-likeness (QED) is 0.448. The zero-order chi connectivity index (χ0) is 23.7. The minimum Gasteiger partial charge on any atom is -0.489 e. The zero-order valence-electron chi connectivity index (χ0n) is 19.0. The standard InChI is InChI=1S/C25H25N7O2/c1-15-10-17-11-21(30-13-22(17)31-23(15)26)25(33)32(16(2)24-27-8-3-9-28-24)14-18-4-5-20(12-29-18)34-19-6-7-19/h3-5,8-13,16,19H,6-7,14H2,1-2H3,(H2,26,31)/t16-/m1/s1. The van der Waals surface area contributed by atoms with Crippen molar-refractivity contribution < 1.29 is 9.53 Å². The zero-order valence-corrected chi connectivity index (χ0v) is 19.0. The molecule has 0 aliphatic heterocycles. The minimum atomic E-state index is -0.401. The third-order valence-corrected chi connectivity index (χ3v) is 5.79. The van der Waals surface area contributed by atoms with Gasteiger partial charge < -0.3 is 15.4 Å². The number of rotatable bonds is 7. The lowest BCUT2D eigenvalue weighted by atomic mass is 10.1. The predicted molar refractivity (Wildman–Crippen MR) is 127 cm³/mol. The molecule has 0 bridgehead atoms. The number of carbonyl (C=O) groups excluding carboxylic acids is 1. The van der Waals surface area contributed by atoms with Gasteiger partial charge in [0, 0.05) is 17.8 Å². The van der Waals surface area contributed by atoms with Gasteiger partial charge in [-0.15, -0.1) is 0 Å². The number of fused-ring (bicyclic) bond motifs is 1. The molecule has 1 amide bonds. The van der Waals surface area contributed by atoms with Gasteiger partial charge in [0.05, 0.1) is 42.3 Å². The molecule has 0 spiro atoms. The first-order valence-corrected chi connectivity index (χ1v) is 11.2. The summed E-state index contributed by atoms with van der Waals surface area (Å²) in [5.74, 6) is 1.47. The number of nitrogens with two attached hydrogens (primary N) is 1. The summed E-state index contributed by atoms with van der Waals surface area (Å²) in [7, 11) is 0. The second kappa shape index (κ2) is 9.01. The molecule has 4 heterocycles. The number of hydrogen-bond acceptors (Lipinski definition) is 8. The number of nitrogens with zero attached hydrogens (tertiary/aromatic N) is 6. The van der Waals surface area contributed by atoms with Gasteiger partial charge in [-0.3, -0.25) is 9.78 Å². The van der Waals surface area contributed by atoms with E-state index in [-0.39, 0.29) is 12.5 Å². The van der Waals surface area contributed by atoms with Crippen molar-refractivity contribution in [3.8, 4) is 5.75 Å². The third kappa shape index (κ3) is 4.63. The second-order valence-electron chi connectivity index (χ2n) is 8.47. The van der Waals surface area contributed by atoms with E-state index in [0.29, 0.717) is 29.0 Å². The number of nitrogen functional groups attached to an aromatic ring is 1. The van der Waals surface area contributed by atoms with E-state index in [4.69, 9.17) is 10.5 Å². The Labute approximate surface area is 197 Å². The Morgan fingerprint density at radius 1 is 1.15 bits per heavy atom. The van der Waals surface area contributed by atoms with Crippen LogP contribution < -0.4 is 10.5 Å². The molecule has 34 heavy (non-hydrogen) atoms. The van der Waals surface area contributed by atoms with Crippen molar-refractivity contribution in [2.75, 3.05) is 5.73 Å². The van der Waals surface area contributed by atoms with E-state index in [1.807, 2.05) is 32.0 Å². The molecule has 4 aromatic heterocycles. The van der Waals surface area contributed by atoms with Gasteiger partial charge in [-0.2, -0.15) is 0 Å². The molecule has 9 heteroatoms. The lowest BCUT2D eigenvalue weighted by Gasteiger charge is -2.28. The Hall–Kier alpha value is -4.14. The van der Waals surface area contributed by atoms with Gasteiger partial charge in [-0.25, -0.2) is 19.9 Å². The van der Waals surface area contributed by atoms with Crippen LogP contribution in [-0.2, 0) is 6.54 Å². The lowest BCUT2D eigenvalue weighted by molar-refractivity contribution is 0.0657. The van der Waals surface area contributed by atoms with E-state index in [1.54, 1.807) is 41.8 Å². The van der Waals surface area contributed by atoms with E-state index in [9.17, 15) is 4.79 Å². The molecule has 1 atom stereocenters. The number of ether oxygens (including phenoxy) is 1. The Kier molecular flexibility index (Phi) is 5.75.